The maximum absolute atomic E-state index is 13.0. The highest BCUT2D eigenvalue weighted by atomic mass is 16.5. The number of carbonyl (C=O) groups excluding carboxylic acids is 2. The first kappa shape index (κ1) is 22.5. The normalized spacial score (nSPS) is 11.6. The van der Waals surface area contributed by atoms with Gasteiger partial charge in [0, 0.05) is 13.1 Å². The minimum Gasteiger partial charge on any atom is -0.484 e. The first-order valence-electron chi connectivity index (χ1n) is 10.2. The number of carbonyl (C=O) groups is 2. The summed E-state index contributed by atoms with van der Waals surface area (Å²) >= 11 is 0. The summed E-state index contributed by atoms with van der Waals surface area (Å²) in [6.07, 6.45) is 1.92. The van der Waals surface area contributed by atoms with Crippen molar-refractivity contribution in [3.63, 3.8) is 0 Å². The molecular weight excluding hydrogens is 364 g/mol. The second kappa shape index (κ2) is 11.2. The molecule has 2 aromatic carbocycles. The van der Waals surface area contributed by atoms with E-state index in [9.17, 15) is 9.59 Å². The molecule has 29 heavy (non-hydrogen) atoms. The van der Waals surface area contributed by atoms with Crippen molar-refractivity contribution in [3.8, 4) is 5.75 Å². The van der Waals surface area contributed by atoms with E-state index in [0.29, 0.717) is 18.8 Å². The minimum absolute atomic E-state index is 0.110. The smallest absolute Gasteiger partial charge is 0.261 e. The Bertz CT molecular complexity index is 802. The van der Waals surface area contributed by atoms with Crippen LogP contribution in [0.5, 0.6) is 5.75 Å². The molecule has 1 unspecified atom stereocenters. The van der Waals surface area contributed by atoms with E-state index in [1.54, 1.807) is 11.8 Å². The third-order valence-corrected chi connectivity index (χ3v) is 4.82. The van der Waals surface area contributed by atoms with Gasteiger partial charge in [0.25, 0.3) is 5.91 Å². The lowest BCUT2D eigenvalue weighted by Crippen LogP contribution is -2.49. The summed E-state index contributed by atoms with van der Waals surface area (Å²) in [6, 6.07) is 14.9. The Morgan fingerprint density at radius 3 is 2.45 bits per heavy atom. The van der Waals surface area contributed by atoms with E-state index in [0.717, 1.165) is 29.5 Å². The number of nitrogens with zero attached hydrogens (tertiary/aromatic N) is 1. The Morgan fingerprint density at radius 2 is 1.79 bits per heavy atom. The molecule has 0 fully saturated rings. The van der Waals surface area contributed by atoms with Crippen LogP contribution < -0.4 is 10.1 Å². The Morgan fingerprint density at radius 1 is 1.07 bits per heavy atom. The number of amides is 2. The first-order chi connectivity index (χ1) is 13.9. The van der Waals surface area contributed by atoms with Gasteiger partial charge in [-0.15, -0.1) is 0 Å². The van der Waals surface area contributed by atoms with E-state index in [2.05, 4.69) is 12.2 Å². The molecule has 2 rings (SSSR count). The zero-order valence-electron chi connectivity index (χ0n) is 17.9. The van der Waals surface area contributed by atoms with E-state index in [1.165, 1.54) is 0 Å². The number of hydrogen-bond acceptors (Lipinski definition) is 3. The second-order valence-electron chi connectivity index (χ2n) is 7.43. The van der Waals surface area contributed by atoms with E-state index in [-0.39, 0.29) is 18.4 Å². The summed E-state index contributed by atoms with van der Waals surface area (Å²) in [5.41, 5.74) is 3.23. The van der Waals surface area contributed by atoms with Gasteiger partial charge in [-0.3, -0.25) is 9.59 Å². The van der Waals surface area contributed by atoms with Crippen molar-refractivity contribution in [2.24, 2.45) is 0 Å². The number of nitrogens with one attached hydrogen (secondary N) is 1. The van der Waals surface area contributed by atoms with Gasteiger partial charge in [0.1, 0.15) is 11.8 Å². The van der Waals surface area contributed by atoms with Gasteiger partial charge in [-0.25, -0.2) is 0 Å². The highest BCUT2D eigenvalue weighted by Gasteiger charge is 2.26. The maximum Gasteiger partial charge on any atom is 0.261 e. The largest absolute Gasteiger partial charge is 0.484 e. The maximum atomic E-state index is 13.0. The zero-order valence-corrected chi connectivity index (χ0v) is 17.9. The molecule has 0 aromatic heterocycles. The van der Waals surface area contributed by atoms with Gasteiger partial charge in [-0.05, 0) is 44.9 Å². The van der Waals surface area contributed by atoms with Crippen molar-refractivity contribution in [1.29, 1.82) is 0 Å². The van der Waals surface area contributed by atoms with Crippen LogP contribution >= 0.6 is 0 Å². The molecule has 156 valence electrons. The van der Waals surface area contributed by atoms with Crippen LogP contribution in [0, 0.1) is 13.8 Å². The fraction of sp³-hybridized carbons (Fsp3) is 0.417. The lowest BCUT2D eigenvalue weighted by atomic mass is 10.1. The quantitative estimate of drug-likeness (QED) is 0.617. The molecule has 2 aromatic rings. The fourth-order valence-corrected chi connectivity index (χ4v) is 2.99. The topological polar surface area (TPSA) is 58.6 Å². The Labute approximate surface area is 174 Å². The molecule has 1 atom stereocenters. The van der Waals surface area contributed by atoms with Crippen molar-refractivity contribution < 1.29 is 14.3 Å². The van der Waals surface area contributed by atoms with Crippen LogP contribution in [0.3, 0.4) is 0 Å². The SMILES string of the molecule is CCCCNC(=O)C(C)N(Cc1cccc(C)c1)C(=O)COc1ccc(C)cc1. The Hall–Kier alpha value is -2.82. The molecular formula is C24H32N2O3. The van der Waals surface area contributed by atoms with Crippen LogP contribution in [0.15, 0.2) is 48.5 Å². The van der Waals surface area contributed by atoms with Crippen LogP contribution in [-0.4, -0.2) is 35.9 Å². The van der Waals surface area contributed by atoms with Gasteiger partial charge < -0.3 is 15.0 Å². The lowest BCUT2D eigenvalue weighted by molar-refractivity contribution is -0.142. The van der Waals surface area contributed by atoms with E-state index in [1.807, 2.05) is 62.4 Å². The van der Waals surface area contributed by atoms with Crippen LogP contribution in [-0.2, 0) is 16.1 Å². The minimum atomic E-state index is -0.582. The van der Waals surface area contributed by atoms with Crippen molar-refractivity contribution >= 4 is 11.8 Å². The van der Waals surface area contributed by atoms with Crippen LogP contribution in [0.2, 0.25) is 0 Å². The summed E-state index contributed by atoms with van der Waals surface area (Å²) in [5.74, 6) is 0.277. The van der Waals surface area contributed by atoms with E-state index < -0.39 is 6.04 Å². The van der Waals surface area contributed by atoms with Crippen LogP contribution in [0.1, 0.15) is 43.4 Å². The average molecular weight is 397 g/mol. The number of hydrogen-bond donors (Lipinski definition) is 1. The molecule has 0 saturated heterocycles. The molecule has 0 heterocycles. The molecule has 1 N–H and O–H groups in total. The van der Waals surface area contributed by atoms with Gasteiger partial charge in [-0.2, -0.15) is 0 Å². The zero-order chi connectivity index (χ0) is 21.2. The van der Waals surface area contributed by atoms with Gasteiger partial charge in [0.2, 0.25) is 5.91 Å². The number of unbranched alkanes of at least 4 members (excludes halogenated alkanes) is 1. The fourth-order valence-electron chi connectivity index (χ4n) is 2.99. The third-order valence-electron chi connectivity index (χ3n) is 4.82. The average Bonchev–Trinajstić information content (AvgIpc) is 2.71. The molecule has 0 saturated carbocycles. The number of aryl methyl sites for hydroxylation is 2. The predicted octanol–water partition coefficient (Wildman–Crippen LogP) is 4.02. The second-order valence-corrected chi connectivity index (χ2v) is 7.43. The molecule has 5 heteroatoms. The number of rotatable bonds is 10. The standard InChI is InChI=1S/C24H32N2O3/c1-5-6-14-25-24(28)20(4)26(16-21-9-7-8-19(3)15-21)23(27)17-29-22-12-10-18(2)11-13-22/h7-13,15,20H,5-6,14,16-17H2,1-4H3,(H,25,28). The van der Waals surface area contributed by atoms with Gasteiger partial charge >= 0.3 is 0 Å². The number of ether oxygens (including phenoxy) is 1. The lowest BCUT2D eigenvalue weighted by Gasteiger charge is -2.29. The molecule has 2 amide bonds. The highest BCUT2D eigenvalue weighted by molar-refractivity contribution is 5.87. The molecule has 0 spiro atoms. The van der Waals surface area contributed by atoms with Crippen molar-refractivity contribution in [2.45, 2.75) is 53.1 Å². The highest BCUT2D eigenvalue weighted by Crippen LogP contribution is 2.14. The van der Waals surface area contributed by atoms with Crippen LogP contribution in [0.25, 0.3) is 0 Å². The van der Waals surface area contributed by atoms with Gasteiger partial charge in [0.15, 0.2) is 6.61 Å². The summed E-state index contributed by atoms with van der Waals surface area (Å²) < 4.78 is 5.67. The Balaban J connectivity index is 2.10. The van der Waals surface area contributed by atoms with Gasteiger partial charge in [0.05, 0.1) is 0 Å². The summed E-state index contributed by atoms with van der Waals surface area (Å²) in [5, 5.41) is 2.92. The van der Waals surface area contributed by atoms with Crippen molar-refractivity contribution in [3.05, 3.63) is 65.2 Å². The molecule has 0 aliphatic heterocycles. The molecule has 0 aliphatic rings. The summed E-state index contributed by atoms with van der Waals surface area (Å²) in [7, 11) is 0. The van der Waals surface area contributed by atoms with Gasteiger partial charge in [-0.1, -0.05) is 60.9 Å². The van der Waals surface area contributed by atoms with Crippen molar-refractivity contribution in [2.75, 3.05) is 13.2 Å². The monoisotopic (exact) mass is 396 g/mol. The Kier molecular flexibility index (Phi) is 8.71. The van der Waals surface area contributed by atoms with E-state index >= 15 is 0 Å². The summed E-state index contributed by atoms with van der Waals surface area (Å²) in [4.78, 5) is 27.1. The van der Waals surface area contributed by atoms with Crippen molar-refractivity contribution in [1.82, 2.24) is 10.2 Å². The van der Waals surface area contributed by atoms with Crippen LogP contribution in [0.4, 0.5) is 0 Å². The summed E-state index contributed by atoms with van der Waals surface area (Å²) in [6.45, 7) is 8.72. The molecule has 5 nitrogen and oxygen atoms in total. The third kappa shape index (κ3) is 7.26. The molecule has 0 bridgehead atoms. The molecule has 0 aliphatic carbocycles. The first-order valence-corrected chi connectivity index (χ1v) is 10.2. The molecule has 0 radical (unpaired) electrons. The van der Waals surface area contributed by atoms with E-state index in [4.69, 9.17) is 4.74 Å². The number of benzene rings is 2. The predicted molar refractivity (Wildman–Crippen MR) is 116 cm³/mol.